The number of rotatable bonds is 6. The smallest absolute Gasteiger partial charge is 0.248 e. The number of carbonyl (C=O) groups is 1. The predicted octanol–water partition coefficient (Wildman–Crippen LogP) is 1.50. The van der Waals surface area contributed by atoms with Crippen molar-refractivity contribution in [2.45, 2.75) is 32.8 Å². The van der Waals surface area contributed by atoms with Crippen molar-refractivity contribution in [1.29, 1.82) is 5.26 Å². The second kappa shape index (κ2) is 10.8. The zero-order valence-electron chi connectivity index (χ0n) is 19.1. The molecule has 1 saturated heterocycles. The largest absolute Gasteiger partial charge is 0.378 e. The number of ether oxygens (including phenoxy) is 1. The highest BCUT2D eigenvalue weighted by atomic mass is 16.5. The van der Waals surface area contributed by atoms with Crippen LogP contribution in [-0.4, -0.2) is 64.3 Å². The van der Waals surface area contributed by atoms with Crippen molar-refractivity contribution in [1.82, 2.24) is 20.2 Å². The van der Waals surface area contributed by atoms with Gasteiger partial charge in [-0.25, -0.2) is 9.97 Å². The van der Waals surface area contributed by atoms with E-state index in [1.807, 2.05) is 6.92 Å². The minimum Gasteiger partial charge on any atom is -0.378 e. The Bertz CT molecular complexity index is 1100. The van der Waals surface area contributed by atoms with Crippen LogP contribution in [0.5, 0.6) is 0 Å². The fourth-order valence-electron chi connectivity index (χ4n) is 3.23. The van der Waals surface area contributed by atoms with Crippen molar-refractivity contribution in [3.63, 3.8) is 0 Å². The average molecular weight is 449 g/mol. The molecule has 1 aromatic heterocycles. The monoisotopic (exact) mass is 448 g/mol. The molecule has 3 heterocycles. The van der Waals surface area contributed by atoms with E-state index in [2.05, 4.69) is 38.5 Å². The summed E-state index contributed by atoms with van der Waals surface area (Å²) in [5.41, 5.74) is 1.52. The molecule has 0 radical (unpaired) electrons. The Morgan fingerprint density at radius 3 is 3.00 bits per heavy atom. The van der Waals surface area contributed by atoms with Gasteiger partial charge in [-0.3, -0.25) is 4.79 Å². The fourth-order valence-corrected chi connectivity index (χ4v) is 3.23. The van der Waals surface area contributed by atoms with E-state index in [0.717, 1.165) is 12.0 Å². The van der Waals surface area contributed by atoms with E-state index in [1.165, 1.54) is 0 Å². The van der Waals surface area contributed by atoms with Crippen LogP contribution in [0.25, 0.3) is 5.57 Å². The molecule has 0 saturated carbocycles. The molecular formula is C24H28N6O3. The quantitative estimate of drug-likeness (QED) is 0.340. The number of amides is 1. The van der Waals surface area contributed by atoms with E-state index < -0.39 is 5.60 Å². The summed E-state index contributed by atoms with van der Waals surface area (Å²) in [6, 6.07) is 2.24. The maximum atomic E-state index is 11.8. The fraction of sp³-hybridized carbons (Fsp3) is 0.417. The molecular weight excluding hydrogens is 420 g/mol. The number of nitrogens with zero attached hydrogens (tertiary/aromatic N) is 4. The summed E-state index contributed by atoms with van der Waals surface area (Å²) < 4.78 is 5.14. The predicted molar refractivity (Wildman–Crippen MR) is 124 cm³/mol. The van der Waals surface area contributed by atoms with Gasteiger partial charge < -0.3 is 25.4 Å². The molecule has 33 heavy (non-hydrogen) atoms. The van der Waals surface area contributed by atoms with Crippen molar-refractivity contribution in [2.24, 2.45) is 0 Å². The van der Waals surface area contributed by atoms with Gasteiger partial charge in [-0.2, -0.15) is 5.26 Å². The molecule has 3 N–H and O–H groups in total. The van der Waals surface area contributed by atoms with Crippen molar-refractivity contribution in [2.75, 3.05) is 38.2 Å². The molecule has 0 atom stereocenters. The molecule has 9 nitrogen and oxygen atoms in total. The number of morpholine rings is 1. The van der Waals surface area contributed by atoms with Gasteiger partial charge in [-0.05, 0) is 44.9 Å². The Morgan fingerprint density at radius 1 is 1.45 bits per heavy atom. The van der Waals surface area contributed by atoms with Gasteiger partial charge in [0.25, 0.3) is 0 Å². The van der Waals surface area contributed by atoms with Crippen LogP contribution in [0, 0.1) is 30.1 Å². The number of nitrogens with one attached hydrogen (secondary N) is 2. The van der Waals surface area contributed by atoms with Crippen molar-refractivity contribution < 1.29 is 14.6 Å². The molecule has 9 heteroatoms. The number of hydrogen-bond acceptors (Lipinski definition) is 8. The van der Waals surface area contributed by atoms with E-state index in [4.69, 9.17) is 4.74 Å². The van der Waals surface area contributed by atoms with Gasteiger partial charge in [-0.1, -0.05) is 11.8 Å². The molecule has 0 spiro atoms. The number of aliphatic hydroxyl groups is 1. The lowest BCUT2D eigenvalue weighted by Crippen LogP contribution is -2.42. The molecule has 1 aromatic rings. The zero-order chi connectivity index (χ0) is 23.8. The number of anilines is 1. The third-order valence-corrected chi connectivity index (χ3v) is 4.90. The molecule has 0 aromatic carbocycles. The number of carbonyl (C=O) groups excluding carboxylic acids is 1. The Hall–Kier alpha value is -3.66. The number of dihydropyridines is 1. The SMILES string of the molecule is Cc1cnc(NCCCN2CCOCC2=O)nc1C(C#N)=C1NC=CC=C1C#CC(C)(C)O. The molecule has 1 fully saturated rings. The first-order valence-corrected chi connectivity index (χ1v) is 10.8. The summed E-state index contributed by atoms with van der Waals surface area (Å²) in [6.45, 7) is 7.56. The first-order valence-electron chi connectivity index (χ1n) is 10.8. The van der Waals surface area contributed by atoms with Gasteiger partial charge in [0.2, 0.25) is 11.9 Å². The first-order chi connectivity index (χ1) is 15.8. The third-order valence-electron chi connectivity index (χ3n) is 4.90. The number of allylic oxidation sites excluding steroid dienone is 4. The topological polar surface area (TPSA) is 123 Å². The summed E-state index contributed by atoms with van der Waals surface area (Å²) in [6.07, 6.45) is 7.68. The van der Waals surface area contributed by atoms with E-state index >= 15 is 0 Å². The van der Waals surface area contributed by atoms with E-state index in [9.17, 15) is 15.2 Å². The summed E-state index contributed by atoms with van der Waals surface area (Å²) >= 11 is 0. The molecule has 0 bridgehead atoms. The number of aryl methyl sites for hydroxylation is 1. The number of nitriles is 1. The lowest BCUT2D eigenvalue weighted by Gasteiger charge is -2.26. The Balaban J connectivity index is 1.77. The third kappa shape index (κ3) is 6.66. The second-order valence-electron chi connectivity index (χ2n) is 8.19. The van der Waals surface area contributed by atoms with Gasteiger partial charge in [0.1, 0.15) is 23.9 Å². The maximum absolute atomic E-state index is 11.8. The number of aromatic nitrogens is 2. The number of hydrogen-bond donors (Lipinski definition) is 3. The standard InChI is InChI=1S/C24H28N6O3/c1-17-15-28-23(27-10-5-11-30-12-13-33-16-20(30)31)29-21(17)19(14-25)22-18(6-4-9-26-22)7-8-24(2,3)32/h4,6,9,15,26,32H,5,10-13,16H2,1-3H3,(H,27,28,29). The maximum Gasteiger partial charge on any atom is 0.248 e. The zero-order valence-corrected chi connectivity index (χ0v) is 19.1. The van der Waals surface area contributed by atoms with Crippen LogP contribution in [-0.2, 0) is 9.53 Å². The summed E-state index contributed by atoms with van der Waals surface area (Å²) in [5.74, 6) is 6.13. The summed E-state index contributed by atoms with van der Waals surface area (Å²) in [5, 5.41) is 26.2. The first kappa shape index (κ1) is 24.0. The highest BCUT2D eigenvalue weighted by molar-refractivity contribution is 5.83. The minimum atomic E-state index is -1.16. The van der Waals surface area contributed by atoms with E-state index in [-0.39, 0.29) is 12.5 Å². The molecule has 3 rings (SSSR count). The van der Waals surface area contributed by atoms with Crippen LogP contribution >= 0.6 is 0 Å². The van der Waals surface area contributed by atoms with Crippen molar-refractivity contribution in [3.8, 4) is 17.9 Å². The van der Waals surface area contributed by atoms with Crippen molar-refractivity contribution in [3.05, 3.63) is 47.1 Å². The molecule has 2 aliphatic rings. The van der Waals surface area contributed by atoms with Gasteiger partial charge in [-0.15, -0.1) is 0 Å². The Kier molecular flexibility index (Phi) is 7.83. The molecule has 0 unspecified atom stereocenters. The Morgan fingerprint density at radius 2 is 2.27 bits per heavy atom. The van der Waals surface area contributed by atoms with Gasteiger partial charge in [0.15, 0.2) is 0 Å². The molecule has 2 aliphatic heterocycles. The van der Waals surface area contributed by atoms with Crippen LogP contribution in [0.3, 0.4) is 0 Å². The molecule has 0 aliphatic carbocycles. The highest BCUT2D eigenvalue weighted by Crippen LogP contribution is 2.25. The van der Waals surface area contributed by atoms with Gasteiger partial charge in [0, 0.05) is 37.6 Å². The van der Waals surface area contributed by atoms with Crippen LogP contribution in [0.1, 0.15) is 31.5 Å². The average Bonchev–Trinajstić information content (AvgIpc) is 2.79. The Labute approximate surface area is 193 Å². The normalized spacial score (nSPS) is 17.4. The van der Waals surface area contributed by atoms with Crippen LogP contribution in [0.15, 0.2) is 35.8 Å². The summed E-state index contributed by atoms with van der Waals surface area (Å²) in [4.78, 5) is 22.5. The van der Waals surface area contributed by atoms with E-state index in [0.29, 0.717) is 54.7 Å². The van der Waals surface area contributed by atoms with Gasteiger partial charge in [0.05, 0.1) is 18.0 Å². The lowest BCUT2D eigenvalue weighted by atomic mass is 10.00. The summed E-state index contributed by atoms with van der Waals surface area (Å²) in [7, 11) is 0. The van der Waals surface area contributed by atoms with Crippen molar-refractivity contribution >= 4 is 17.4 Å². The van der Waals surface area contributed by atoms with E-state index in [1.54, 1.807) is 43.3 Å². The molecule has 172 valence electrons. The lowest BCUT2D eigenvalue weighted by molar-refractivity contribution is -0.142. The highest BCUT2D eigenvalue weighted by Gasteiger charge is 2.19. The van der Waals surface area contributed by atoms with Crippen LogP contribution in [0.2, 0.25) is 0 Å². The van der Waals surface area contributed by atoms with Crippen LogP contribution in [0.4, 0.5) is 5.95 Å². The van der Waals surface area contributed by atoms with Crippen LogP contribution < -0.4 is 10.6 Å². The van der Waals surface area contributed by atoms with Gasteiger partial charge >= 0.3 is 0 Å². The minimum absolute atomic E-state index is 0.00554. The second-order valence-corrected chi connectivity index (χ2v) is 8.19. The molecule has 1 amide bonds.